The fourth-order valence-corrected chi connectivity index (χ4v) is 0.654. The fourth-order valence-electron chi connectivity index (χ4n) is 0.251. The highest BCUT2D eigenvalue weighted by atomic mass is 35.7. The molecule has 0 radical (unpaired) electrons. The van der Waals surface area contributed by atoms with Gasteiger partial charge in [-0.1, -0.05) is 0 Å². The molecule has 0 aromatic carbocycles. The van der Waals surface area contributed by atoms with Gasteiger partial charge in [0.15, 0.2) is 0 Å². The largest absolute Gasteiger partial charge is 0.465 e. The molecule has 1 atom stereocenters. The van der Waals surface area contributed by atoms with Crippen molar-refractivity contribution in [1.29, 1.82) is 0 Å². The Labute approximate surface area is 60.3 Å². The molecule has 0 aliphatic heterocycles. The van der Waals surface area contributed by atoms with Crippen molar-refractivity contribution in [2.75, 3.05) is 12.4 Å². The zero-order valence-electron chi connectivity index (χ0n) is 4.93. The molecule has 0 fully saturated rings. The maximum atomic E-state index is 10.1. The van der Waals surface area contributed by atoms with E-state index in [0.717, 1.165) is 0 Å². The maximum Gasteiger partial charge on any atom is 0.302 e. The lowest BCUT2D eigenvalue weighted by molar-refractivity contribution is -0.140. The van der Waals surface area contributed by atoms with E-state index in [0.29, 0.717) is 0 Å². The third kappa shape index (κ3) is 7.91. The molecule has 0 saturated carbocycles. The minimum atomic E-state index is -1.39. The molecular weight excluding hydrogens is 164 g/mol. The quantitative estimate of drug-likeness (QED) is 0.457. The smallest absolute Gasteiger partial charge is 0.302 e. The van der Waals surface area contributed by atoms with Gasteiger partial charge in [-0.05, 0) is 10.7 Å². The van der Waals surface area contributed by atoms with Gasteiger partial charge in [0.1, 0.15) is 16.6 Å². The second-order valence-electron chi connectivity index (χ2n) is 1.33. The van der Waals surface area contributed by atoms with Gasteiger partial charge in [-0.25, -0.2) is 4.21 Å². The van der Waals surface area contributed by atoms with Crippen molar-refractivity contribution < 1.29 is 13.7 Å². The van der Waals surface area contributed by atoms with E-state index < -0.39 is 10.0 Å². The Balaban J connectivity index is 3.10. The van der Waals surface area contributed by atoms with Gasteiger partial charge in [0.05, 0.1) is 5.75 Å². The number of halogens is 1. The molecule has 0 aliphatic carbocycles. The predicted octanol–water partition coefficient (Wildman–Crippen LogP) is 0.452. The standard InChI is InChI=1S/C4H7ClO3S/c1-4(6)8-2-3-9(5)7/h2-3H2,1H3. The lowest BCUT2D eigenvalue weighted by Crippen LogP contribution is -2.05. The summed E-state index contributed by atoms with van der Waals surface area (Å²) in [5.41, 5.74) is 0. The predicted molar refractivity (Wildman–Crippen MR) is 35.5 cm³/mol. The summed E-state index contributed by atoms with van der Waals surface area (Å²) < 4.78 is 14.5. The maximum absolute atomic E-state index is 10.1. The molecule has 54 valence electrons. The second kappa shape index (κ2) is 4.76. The number of rotatable bonds is 3. The summed E-state index contributed by atoms with van der Waals surface area (Å²) in [6.45, 7) is 1.42. The lowest BCUT2D eigenvalue weighted by atomic mass is 10.8. The van der Waals surface area contributed by atoms with E-state index in [1.165, 1.54) is 6.92 Å². The van der Waals surface area contributed by atoms with Crippen LogP contribution in [0.15, 0.2) is 0 Å². The Morgan fingerprint density at radius 1 is 1.78 bits per heavy atom. The third-order valence-corrected chi connectivity index (χ3v) is 1.50. The zero-order chi connectivity index (χ0) is 7.28. The van der Waals surface area contributed by atoms with Crippen LogP contribution in [0.4, 0.5) is 0 Å². The van der Waals surface area contributed by atoms with E-state index in [9.17, 15) is 9.00 Å². The number of hydrogen-bond donors (Lipinski definition) is 0. The van der Waals surface area contributed by atoms with Crippen LogP contribution in [0.5, 0.6) is 0 Å². The van der Waals surface area contributed by atoms with E-state index in [1.807, 2.05) is 0 Å². The van der Waals surface area contributed by atoms with E-state index in [1.54, 1.807) is 0 Å². The average molecular weight is 171 g/mol. The highest BCUT2D eigenvalue weighted by Gasteiger charge is 1.95. The van der Waals surface area contributed by atoms with E-state index in [-0.39, 0.29) is 18.3 Å². The van der Waals surface area contributed by atoms with Crippen molar-refractivity contribution in [3.8, 4) is 0 Å². The van der Waals surface area contributed by atoms with Crippen molar-refractivity contribution in [1.82, 2.24) is 0 Å². The molecule has 0 rings (SSSR count). The molecule has 1 unspecified atom stereocenters. The molecule has 0 aliphatic rings. The van der Waals surface area contributed by atoms with Crippen molar-refractivity contribution in [3.63, 3.8) is 0 Å². The summed E-state index contributed by atoms with van der Waals surface area (Å²) in [7, 11) is 3.66. The van der Waals surface area contributed by atoms with Crippen LogP contribution >= 0.6 is 10.7 Å². The molecule has 0 spiro atoms. The number of esters is 1. The van der Waals surface area contributed by atoms with Gasteiger partial charge in [-0.2, -0.15) is 0 Å². The molecule has 0 aromatic rings. The number of ether oxygens (including phenoxy) is 1. The van der Waals surface area contributed by atoms with Crippen LogP contribution in [-0.2, 0) is 19.5 Å². The van der Waals surface area contributed by atoms with E-state index >= 15 is 0 Å². The summed E-state index contributed by atoms with van der Waals surface area (Å²) in [5, 5.41) is 0. The Bertz CT molecular complexity index is 111. The van der Waals surface area contributed by atoms with Crippen LogP contribution in [0, 0.1) is 0 Å². The number of hydrogen-bond acceptors (Lipinski definition) is 3. The zero-order valence-corrected chi connectivity index (χ0v) is 6.50. The summed E-state index contributed by atoms with van der Waals surface area (Å²) in [4.78, 5) is 10.1. The van der Waals surface area contributed by atoms with Gasteiger partial charge in [0, 0.05) is 6.92 Å². The van der Waals surface area contributed by atoms with Crippen molar-refractivity contribution >= 4 is 26.7 Å². The van der Waals surface area contributed by atoms with Gasteiger partial charge < -0.3 is 4.74 Å². The second-order valence-corrected chi connectivity index (χ2v) is 3.35. The topological polar surface area (TPSA) is 43.4 Å². The van der Waals surface area contributed by atoms with E-state index in [2.05, 4.69) is 4.74 Å². The van der Waals surface area contributed by atoms with Crippen LogP contribution in [0.1, 0.15) is 6.92 Å². The fraction of sp³-hybridized carbons (Fsp3) is 0.750. The van der Waals surface area contributed by atoms with Crippen molar-refractivity contribution in [3.05, 3.63) is 0 Å². The Morgan fingerprint density at radius 3 is 2.67 bits per heavy atom. The summed E-state index contributed by atoms with van der Waals surface area (Å²) in [5.74, 6) is -0.182. The Morgan fingerprint density at radius 2 is 2.33 bits per heavy atom. The summed E-state index contributed by atoms with van der Waals surface area (Å²) in [6.07, 6.45) is 0. The Hall–Kier alpha value is -0.0900. The first-order valence-corrected chi connectivity index (χ1v) is 4.45. The normalized spacial score (nSPS) is 12.7. The first-order valence-electron chi connectivity index (χ1n) is 2.31. The minimum absolute atomic E-state index is 0.130. The molecule has 0 saturated heterocycles. The lowest BCUT2D eigenvalue weighted by Gasteiger charge is -1.95. The Kier molecular flexibility index (Phi) is 4.71. The molecular formula is C4H7ClO3S. The van der Waals surface area contributed by atoms with Gasteiger partial charge in [-0.15, -0.1) is 0 Å². The number of carbonyl (C=O) groups is 1. The van der Waals surface area contributed by atoms with Crippen LogP contribution in [0.2, 0.25) is 0 Å². The van der Waals surface area contributed by atoms with Gasteiger partial charge in [-0.3, -0.25) is 4.79 Å². The van der Waals surface area contributed by atoms with Gasteiger partial charge in [0.25, 0.3) is 0 Å². The molecule has 9 heavy (non-hydrogen) atoms. The van der Waals surface area contributed by atoms with Gasteiger partial charge in [0.2, 0.25) is 0 Å². The third-order valence-electron chi connectivity index (χ3n) is 0.549. The SMILES string of the molecule is CC(=O)OCCS(=O)Cl. The molecule has 5 heteroatoms. The average Bonchev–Trinajstić information content (AvgIpc) is 1.63. The molecule has 0 heterocycles. The molecule has 3 nitrogen and oxygen atoms in total. The molecule has 0 N–H and O–H groups in total. The molecule has 0 amide bonds. The van der Waals surface area contributed by atoms with Crippen molar-refractivity contribution in [2.24, 2.45) is 0 Å². The highest BCUT2D eigenvalue weighted by Crippen LogP contribution is 1.87. The van der Waals surface area contributed by atoms with Crippen LogP contribution < -0.4 is 0 Å². The first kappa shape index (κ1) is 8.91. The monoisotopic (exact) mass is 170 g/mol. The van der Waals surface area contributed by atoms with Crippen LogP contribution in [0.3, 0.4) is 0 Å². The molecule has 0 bridgehead atoms. The van der Waals surface area contributed by atoms with E-state index in [4.69, 9.17) is 10.7 Å². The summed E-state index contributed by atoms with van der Waals surface area (Å²) in [6, 6.07) is 0. The van der Waals surface area contributed by atoms with Crippen LogP contribution in [0.25, 0.3) is 0 Å². The highest BCUT2D eigenvalue weighted by molar-refractivity contribution is 8.08. The first-order chi connectivity index (χ1) is 4.13. The number of carbonyl (C=O) groups excluding carboxylic acids is 1. The van der Waals surface area contributed by atoms with Crippen molar-refractivity contribution in [2.45, 2.75) is 6.92 Å². The van der Waals surface area contributed by atoms with Crippen LogP contribution in [-0.4, -0.2) is 22.5 Å². The summed E-state index contributed by atoms with van der Waals surface area (Å²) >= 11 is 0. The minimum Gasteiger partial charge on any atom is -0.465 e. The van der Waals surface area contributed by atoms with Gasteiger partial charge >= 0.3 is 5.97 Å². The molecule has 0 aromatic heterocycles.